The molecule has 0 bridgehead atoms. The van der Waals surface area contributed by atoms with Crippen LogP contribution >= 0.6 is 0 Å². The van der Waals surface area contributed by atoms with Crippen LogP contribution in [0.2, 0.25) is 0 Å². The van der Waals surface area contributed by atoms with E-state index in [4.69, 9.17) is 0 Å². The van der Waals surface area contributed by atoms with Crippen molar-refractivity contribution in [3.05, 3.63) is 34.9 Å². The largest absolute Gasteiger partial charge is 0.322 e. The maximum Gasteiger partial charge on any atom is 0.255 e. The Hall–Kier alpha value is -2.35. The van der Waals surface area contributed by atoms with E-state index >= 15 is 0 Å². The number of piperidine rings is 1. The number of carbonyl (C=O) groups excluding carboxylic acids is 3. The van der Waals surface area contributed by atoms with Crippen LogP contribution in [0.25, 0.3) is 0 Å². The van der Waals surface area contributed by atoms with Crippen LogP contribution < -0.4 is 10.6 Å². The molecule has 3 atom stereocenters. The van der Waals surface area contributed by atoms with Gasteiger partial charge in [-0.15, -0.1) is 0 Å². The Morgan fingerprint density at radius 2 is 1.85 bits per heavy atom. The molecule has 3 amide bonds. The van der Waals surface area contributed by atoms with Gasteiger partial charge in [0.25, 0.3) is 5.91 Å². The summed E-state index contributed by atoms with van der Waals surface area (Å²) in [5, 5.41) is 5.91. The van der Waals surface area contributed by atoms with Crippen LogP contribution in [0, 0.1) is 5.92 Å². The molecule has 1 aromatic carbocycles. The molecule has 1 saturated heterocycles. The molecule has 1 aromatic rings. The summed E-state index contributed by atoms with van der Waals surface area (Å²) < 4.78 is 28.6. The van der Waals surface area contributed by atoms with E-state index in [0.29, 0.717) is 37.4 Å². The standard InChI is InChI=1S/C26H33F2N3O3/c27-26(28)11-10-17(21(14-26)29-19-4-2-1-3-5-19)12-16-6-7-20-18(13-16)15-31(25(20)34)22-8-9-23(32)30-24(22)33/h6-7,13,17,19,21-22,29H,1-5,8-12,14-15H2,(H,30,32,33)/t17-,21+,22?/m1/s1. The van der Waals surface area contributed by atoms with Gasteiger partial charge < -0.3 is 10.2 Å². The van der Waals surface area contributed by atoms with E-state index in [1.165, 1.54) is 6.42 Å². The first kappa shape index (κ1) is 23.4. The summed E-state index contributed by atoms with van der Waals surface area (Å²) in [5.41, 5.74) is 2.49. The molecule has 1 unspecified atom stereocenters. The lowest BCUT2D eigenvalue weighted by Gasteiger charge is -2.39. The molecule has 184 valence electrons. The Bertz CT molecular complexity index is 976. The molecule has 3 fully saturated rings. The molecule has 0 radical (unpaired) electrons. The molecule has 4 aliphatic rings. The molecule has 6 nitrogen and oxygen atoms in total. The van der Waals surface area contributed by atoms with Gasteiger partial charge in [-0.2, -0.15) is 0 Å². The molecule has 2 heterocycles. The third-order valence-electron chi connectivity index (χ3n) is 8.11. The second-order valence-electron chi connectivity index (χ2n) is 10.6. The fraction of sp³-hybridized carbons (Fsp3) is 0.654. The third-order valence-corrected chi connectivity index (χ3v) is 8.11. The maximum atomic E-state index is 14.3. The summed E-state index contributed by atoms with van der Waals surface area (Å²) in [6.45, 7) is 0.334. The Morgan fingerprint density at radius 3 is 2.62 bits per heavy atom. The van der Waals surface area contributed by atoms with Crippen LogP contribution in [0.3, 0.4) is 0 Å². The van der Waals surface area contributed by atoms with Crippen molar-refractivity contribution in [1.82, 2.24) is 15.5 Å². The Morgan fingerprint density at radius 1 is 1.06 bits per heavy atom. The Kier molecular flexibility index (Phi) is 6.44. The van der Waals surface area contributed by atoms with Gasteiger partial charge in [-0.05, 0) is 55.2 Å². The number of fused-ring (bicyclic) bond motifs is 1. The highest BCUT2D eigenvalue weighted by Gasteiger charge is 2.43. The minimum atomic E-state index is -2.62. The number of hydrogen-bond acceptors (Lipinski definition) is 4. The van der Waals surface area contributed by atoms with Gasteiger partial charge in [0.15, 0.2) is 0 Å². The van der Waals surface area contributed by atoms with Crippen molar-refractivity contribution in [2.24, 2.45) is 5.92 Å². The molecule has 2 aliphatic heterocycles. The Labute approximate surface area is 198 Å². The highest BCUT2D eigenvalue weighted by molar-refractivity contribution is 6.05. The number of nitrogens with one attached hydrogen (secondary N) is 2. The van der Waals surface area contributed by atoms with Gasteiger partial charge in [-0.25, -0.2) is 8.78 Å². The quantitative estimate of drug-likeness (QED) is 0.639. The van der Waals surface area contributed by atoms with Crippen LogP contribution in [0.4, 0.5) is 8.78 Å². The van der Waals surface area contributed by atoms with Crippen molar-refractivity contribution >= 4 is 17.7 Å². The average Bonchev–Trinajstić information content (AvgIpc) is 3.11. The molecular weight excluding hydrogens is 440 g/mol. The lowest BCUT2D eigenvalue weighted by atomic mass is 9.78. The molecule has 34 heavy (non-hydrogen) atoms. The summed E-state index contributed by atoms with van der Waals surface area (Å²) in [7, 11) is 0. The van der Waals surface area contributed by atoms with Crippen molar-refractivity contribution in [1.29, 1.82) is 0 Å². The van der Waals surface area contributed by atoms with Gasteiger partial charge in [0.1, 0.15) is 6.04 Å². The number of alkyl halides is 2. The monoisotopic (exact) mass is 473 g/mol. The summed E-state index contributed by atoms with van der Waals surface area (Å²) >= 11 is 0. The van der Waals surface area contributed by atoms with Gasteiger partial charge in [-0.3, -0.25) is 19.7 Å². The lowest BCUT2D eigenvalue weighted by Crippen LogP contribution is -2.52. The number of amides is 3. The number of nitrogens with zero attached hydrogens (tertiary/aromatic N) is 1. The minimum absolute atomic E-state index is 0.0762. The van der Waals surface area contributed by atoms with Gasteiger partial charge in [0.05, 0.1) is 0 Å². The van der Waals surface area contributed by atoms with Crippen LogP contribution in [-0.2, 0) is 22.6 Å². The van der Waals surface area contributed by atoms with Crippen LogP contribution in [0.1, 0.15) is 85.7 Å². The van der Waals surface area contributed by atoms with E-state index in [1.54, 1.807) is 11.0 Å². The molecule has 5 rings (SSSR count). The summed E-state index contributed by atoms with van der Waals surface area (Å²) in [6.07, 6.45) is 7.22. The highest BCUT2D eigenvalue weighted by Crippen LogP contribution is 2.39. The molecule has 0 spiro atoms. The highest BCUT2D eigenvalue weighted by atomic mass is 19.3. The fourth-order valence-electron chi connectivity index (χ4n) is 6.26. The first-order valence-electron chi connectivity index (χ1n) is 12.7. The number of carbonyl (C=O) groups is 3. The van der Waals surface area contributed by atoms with Crippen LogP contribution in [0.15, 0.2) is 18.2 Å². The zero-order valence-electron chi connectivity index (χ0n) is 19.5. The number of halogens is 2. The van der Waals surface area contributed by atoms with E-state index in [1.807, 2.05) is 12.1 Å². The lowest BCUT2D eigenvalue weighted by molar-refractivity contribution is -0.136. The first-order chi connectivity index (χ1) is 16.3. The van der Waals surface area contributed by atoms with Crippen LogP contribution in [-0.4, -0.2) is 46.7 Å². The van der Waals surface area contributed by atoms with E-state index in [2.05, 4.69) is 10.6 Å². The molecule has 2 aliphatic carbocycles. The zero-order chi connectivity index (χ0) is 23.9. The molecule has 8 heteroatoms. The molecular formula is C26H33F2N3O3. The predicted molar refractivity (Wildman–Crippen MR) is 122 cm³/mol. The second kappa shape index (κ2) is 9.36. The normalized spacial score (nSPS) is 29.8. The SMILES string of the molecule is O=C1CCC(N2Cc3cc(C[C@H]4CCC(F)(F)C[C@@H]4NC4CCCCC4)ccc3C2=O)C(=O)N1. The van der Waals surface area contributed by atoms with Crippen molar-refractivity contribution < 1.29 is 23.2 Å². The molecule has 2 saturated carbocycles. The van der Waals surface area contributed by atoms with Crippen molar-refractivity contribution in [3.8, 4) is 0 Å². The van der Waals surface area contributed by atoms with Crippen molar-refractivity contribution in [3.63, 3.8) is 0 Å². The van der Waals surface area contributed by atoms with E-state index in [0.717, 1.165) is 36.8 Å². The first-order valence-corrected chi connectivity index (χ1v) is 12.7. The summed E-state index contributed by atoms with van der Waals surface area (Å²) in [6, 6.07) is 5.22. The summed E-state index contributed by atoms with van der Waals surface area (Å²) in [5.74, 6) is -3.40. The number of rotatable bonds is 5. The summed E-state index contributed by atoms with van der Waals surface area (Å²) in [4.78, 5) is 38.2. The average molecular weight is 474 g/mol. The van der Waals surface area contributed by atoms with Crippen LogP contribution in [0.5, 0.6) is 0 Å². The van der Waals surface area contributed by atoms with Gasteiger partial charge in [0, 0.05) is 43.5 Å². The van der Waals surface area contributed by atoms with E-state index < -0.39 is 17.9 Å². The zero-order valence-corrected chi connectivity index (χ0v) is 19.5. The molecule has 2 N–H and O–H groups in total. The van der Waals surface area contributed by atoms with E-state index in [-0.39, 0.29) is 43.0 Å². The van der Waals surface area contributed by atoms with Gasteiger partial charge in [-0.1, -0.05) is 31.4 Å². The topological polar surface area (TPSA) is 78.5 Å². The molecule has 0 aromatic heterocycles. The van der Waals surface area contributed by atoms with Crippen molar-refractivity contribution in [2.45, 2.75) is 101 Å². The Balaban J connectivity index is 1.28. The number of hydrogen-bond donors (Lipinski definition) is 2. The number of benzene rings is 1. The number of imide groups is 1. The predicted octanol–water partition coefficient (Wildman–Crippen LogP) is 3.72. The maximum absolute atomic E-state index is 14.3. The van der Waals surface area contributed by atoms with Gasteiger partial charge in [0.2, 0.25) is 17.7 Å². The van der Waals surface area contributed by atoms with Gasteiger partial charge >= 0.3 is 0 Å². The fourth-order valence-corrected chi connectivity index (χ4v) is 6.26. The minimum Gasteiger partial charge on any atom is -0.322 e. The van der Waals surface area contributed by atoms with E-state index in [9.17, 15) is 23.2 Å². The second-order valence-corrected chi connectivity index (χ2v) is 10.6. The third kappa shape index (κ3) is 4.88. The smallest absolute Gasteiger partial charge is 0.255 e. The van der Waals surface area contributed by atoms with Crippen molar-refractivity contribution in [2.75, 3.05) is 0 Å².